The van der Waals surface area contributed by atoms with E-state index in [9.17, 15) is 4.79 Å². The fourth-order valence-electron chi connectivity index (χ4n) is 2.86. The predicted octanol–water partition coefficient (Wildman–Crippen LogP) is 3.20. The molecular weight excluding hydrogens is 324 g/mol. The maximum absolute atomic E-state index is 12.6. The lowest BCUT2D eigenvalue weighted by atomic mass is 10.1. The third kappa shape index (κ3) is 3.79. The van der Waals surface area contributed by atoms with Crippen molar-refractivity contribution in [1.29, 1.82) is 0 Å². The Bertz CT molecular complexity index is 655. The number of thiophene rings is 1. The molecule has 2 amide bonds. The van der Waals surface area contributed by atoms with Gasteiger partial charge in [0, 0.05) is 29.7 Å². The molecule has 2 atom stereocenters. The molecule has 0 bridgehead atoms. The molecular formula is C17H24N4O2S. The van der Waals surface area contributed by atoms with Crippen LogP contribution in [0, 0.1) is 0 Å². The lowest BCUT2D eigenvalue weighted by Crippen LogP contribution is -2.47. The molecule has 130 valence electrons. The highest BCUT2D eigenvalue weighted by Gasteiger charge is 2.27. The molecule has 1 N–H and O–H groups in total. The van der Waals surface area contributed by atoms with Gasteiger partial charge in [-0.3, -0.25) is 4.68 Å². The van der Waals surface area contributed by atoms with E-state index < -0.39 is 0 Å². The number of hydrogen-bond donors (Lipinski definition) is 1. The van der Waals surface area contributed by atoms with E-state index in [1.54, 1.807) is 11.3 Å². The van der Waals surface area contributed by atoms with Crippen molar-refractivity contribution in [1.82, 2.24) is 20.0 Å². The summed E-state index contributed by atoms with van der Waals surface area (Å²) in [5, 5.41) is 9.48. The molecule has 6 nitrogen and oxygen atoms in total. The molecule has 3 heterocycles. The first-order valence-electron chi connectivity index (χ1n) is 8.44. The molecule has 0 aromatic carbocycles. The van der Waals surface area contributed by atoms with Crippen molar-refractivity contribution in [3.8, 4) is 0 Å². The molecule has 0 saturated carbocycles. The van der Waals surface area contributed by atoms with Gasteiger partial charge in [-0.05, 0) is 24.8 Å². The van der Waals surface area contributed by atoms with Crippen LogP contribution in [-0.2, 0) is 11.3 Å². The Morgan fingerprint density at radius 3 is 3.08 bits per heavy atom. The van der Waals surface area contributed by atoms with Crippen LogP contribution in [-0.4, -0.2) is 40.4 Å². The lowest BCUT2D eigenvalue weighted by molar-refractivity contribution is -0.0158. The van der Waals surface area contributed by atoms with Gasteiger partial charge in [0.2, 0.25) is 0 Å². The number of hydrogen-bond acceptors (Lipinski definition) is 4. The molecule has 2 aromatic rings. The quantitative estimate of drug-likeness (QED) is 0.903. The summed E-state index contributed by atoms with van der Waals surface area (Å²) in [6.45, 7) is 6.69. The predicted molar refractivity (Wildman–Crippen MR) is 94.0 cm³/mol. The number of rotatable bonds is 5. The van der Waals surface area contributed by atoms with E-state index >= 15 is 0 Å². The van der Waals surface area contributed by atoms with Gasteiger partial charge in [0.15, 0.2) is 0 Å². The first-order chi connectivity index (χ1) is 11.7. The van der Waals surface area contributed by atoms with Gasteiger partial charge in [-0.25, -0.2) is 4.79 Å². The fraction of sp³-hybridized carbons (Fsp3) is 0.529. The standard InChI is InChI=1S/C17H24N4O2S/c1-3-14(16-6-5-9-24-16)19-17(22)20-7-8-23-15(12-20)13-10-18-21(4-2)11-13/h5-6,9-11,14-15H,3-4,7-8,12H2,1-2H3,(H,19,22)/t14-,15+/m0/s1. The van der Waals surface area contributed by atoms with Crippen molar-refractivity contribution >= 4 is 17.4 Å². The summed E-state index contributed by atoms with van der Waals surface area (Å²) in [4.78, 5) is 15.7. The summed E-state index contributed by atoms with van der Waals surface area (Å²) in [6, 6.07) is 4.14. The van der Waals surface area contributed by atoms with E-state index in [2.05, 4.69) is 23.4 Å². The maximum Gasteiger partial charge on any atom is 0.318 e. The number of ether oxygens (including phenoxy) is 1. The summed E-state index contributed by atoms with van der Waals surface area (Å²) in [5.41, 5.74) is 1.03. The molecule has 3 rings (SSSR count). The van der Waals surface area contributed by atoms with Crippen molar-refractivity contribution in [2.24, 2.45) is 0 Å². The van der Waals surface area contributed by atoms with Gasteiger partial charge < -0.3 is 15.0 Å². The second-order valence-electron chi connectivity index (χ2n) is 5.86. The number of nitrogens with zero attached hydrogens (tertiary/aromatic N) is 3. The summed E-state index contributed by atoms with van der Waals surface area (Å²) in [6.07, 6.45) is 4.60. The Balaban J connectivity index is 1.62. The Morgan fingerprint density at radius 2 is 2.42 bits per heavy atom. The highest BCUT2D eigenvalue weighted by Crippen LogP contribution is 2.24. The molecule has 1 aliphatic rings. The van der Waals surface area contributed by atoms with Gasteiger partial charge in [-0.1, -0.05) is 13.0 Å². The van der Waals surface area contributed by atoms with E-state index in [-0.39, 0.29) is 18.2 Å². The second kappa shape index (κ2) is 7.81. The number of urea groups is 1. The molecule has 7 heteroatoms. The molecule has 1 saturated heterocycles. The molecule has 24 heavy (non-hydrogen) atoms. The topological polar surface area (TPSA) is 59.4 Å². The van der Waals surface area contributed by atoms with Crippen LogP contribution in [0.3, 0.4) is 0 Å². The van der Waals surface area contributed by atoms with Crippen molar-refractivity contribution in [3.63, 3.8) is 0 Å². The fourth-order valence-corrected chi connectivity index (χ4v) is 3.72. The summed E-state index contributed by atoms with van der Waals surface area (Å²) in [7, 11) is 0. The minimum atomic E-state index is -0.105. The first kappa shape index (κ1) is 17.0. The van der Waals surface area contributed by atoms with E-state index in [1.165, 1.54) is 4.88 Å². The van der Waals surface area contributed by atoms with E-state index in [1.807, 2.05) is 40.3 Å². The van der Waals surface area contributed by atoms with Crippen LogP contribution in [0.25, 0.3) is 0 Å². The SMILES string of the molecule is CC[C@H](NC(=O)N1CCO[C@@H](c2cnn(CC)c2)C1)c1cccs1. The molecule has 0 radical (unpaired) electrons. The Labute approximate surface area is 146 Å². The van der Waals surface area contributed by atoms with Gasteiger partial charge in [0.05, 0.1) is 25.4 Å². The minimum Gasteiger partial charge on any atom is -0.370 e. The average molecular weight is 348 g/mol. The van der Waals surface area contributed by atoms with Gasteiger partial charge in [0.1, 0.15) is 6.10 Å². The van der Waals surface area contributed by atoms with Crippen molar-refractivity contribution < 1.29 is 9.53 Å². The van der Waals surface area contributed by atoms with Crippen molar-refractivity contribution in [2.75, 3.05) is 19.7 Å². The highest BCUT2D eigenvalue weighted by atomic mass is 32.1. The average Bonchev–Trinajstić information content (AvgIpc) is 3.31. The van der Waals surface area contributed by atoms with Crippen LogP contribution in [0.4, 0.5) is 4.79 Å². The van der Waals surface area contributed by atoms with Crippen LogP contribution >= 0.6 is 11.3 Å². The summed E-state index contributed by atoms with van der Waals surface area (Å²) < 4.78 is 7.71. The summed E-state index contributed by atoms with van der Waals surface area (Å²) in [5.74, 6) is 0. The molecule has 1 fully saturated rings. The van der Waals surface area contributed by atoms with Gasteiger partial charge in [0.25, 0.3) is 0 Å². The molecule has 0 spiro atoms. The monoisotopic (exact) mass is 348 g/mol. The van der Waals surface area contributed by atoms with Crippen LogP contribution < -0.4 is 5.32 Å². The van der Waals surface area contributed by atoms with Crippen molar-refractivity contribution in [2.45, 2.75) is 39.0 Å². The van der Waals surface area contributed by atoms with Gasteiger partial charge >= 0.3 is 6.03 Å². The molecule has 1 aliphatic heterocycles. The highest BCUT2D eigenvalue weighted by molar-refractivity contribution is 7.10. The zero-order valence-corrected chi connectivity index (χ0v) is 15.0. The van der Waals surface area contributed by atoms with Crippen LogP contribution in [0.5, 0.6) is 0 Å². The van der Waals surface area contributed by atoms with E-state index in [4.69, 9.17) is 4.74 Å². The Kier molecular flexibility index (Phi) is 5.52. The molecule has 0 unspecified atom stereocenters. The molecule has 2 aromatic heterocycles. The maximum atomic E-state index is 12.6. The second-order valence-corrected chi connectivity index (χ2v) is 6.84. The number of morpholine rings is 1. The van der Waals surface area contributed by atoms with Gasteiger partial charge in [-0.15, -0.1) is 11.3 Å². The zero-order chi connectivity index (χ0) is 16.9. The van der Waals surface area contributed by atoms with Crippen LogP contribution in [0.1, 0.15) is 42.9 Å². The molecule has 0 aliphatic carbocycles. The largest absolute Gasteiger partial charge is 0.370 e. The van der Waals surface area contributed by atoms with Crippen LogP contribution in [0.2, 0.25) is 0 Å². The number of amides is 2. The third-order valence-corrected chi connectivity index (χ3v) is 5.28. The van der Waals surface area contributed by atoms with E-state index in [0.717, 1.165) is 18.5 Å². The normalized spacial score (nSPS) is 19.2. The number of carbonyl (C=O) groups is 1. The number of aromatic nitrogens is 2. The number of aryl methyl sites for hydroxylation is 1. The summed E-state index contributed by atoms with van der Waals surface area (Å²) >= 11 is 1.68. The smallest absolute Gasteiger partial charge is 0.318 e. The van der Waals surface area contributed by atoms with E-state index in [0.29, 0.717) is 19.7 Å². The third-order valence-electron chi connectivity index (χ3n) is 4.30. The van der Waals surface area contributed by atoms with Crippen molar-refractivity contribution in [3.05, 3.63) is 40.3 Å². The number of nitrogens with one attached hydrogen (secondary N) is 1. The first-order valence-corrected chi connectivity index (χ1v) is 9.32. The van der Waals surface area contributed by atoms with Crippen LogP contribution in [0.15, 0.2) is 29.9 Å². The zero-order valence-electron chi connectivity index (χ0n) is 14.1. The Hall–Kier alpha value is -1.86. The minimum absolute atomic E-state index is 0.0218. The lowest BCUT2D eigenvalue weighted by Gasteiger charge is -2.33. The Morgan fingerprint density at radius 1 is 1.54 bits per heavy atom. The van der Waals surface area contributed by atoms with Gasteiger partial charge in [-0.2, -0.15) is 5.10 Å². The number of carbonyl (C=O) groups excluding carboxylic acids is 1.